The summed E-state index contributed by atoms with van der Waals surface area (Å²) in [5.41, 5.74) is 0.592. The van der Waals surface area contributed by atoms with Crippen molar-refractivity contribution in [3.8, 4) is 5.75 Å². The predicted molar refractivity (Wildman–Crippen MR) is 90.4 cm³/mol. The second-order valence-corrected chi connectivity index (χ2v) is 5.80. The topological polar surface area (TPSA) is 89.4 Å². The van der Waals surface area contributed by atoms with Crippen LogP contribution in [0.5, 0.6) is 5.75 Å². The van der Waals surface area contributed by atoms with E-state index in [1.807, 2.05) is 6.92 Å². The lowest BCUT2D eigenvalue weighted by Crippen LogP contribution is -2.39. The zero-order chi connectivity index (χ0) is 17.8. The summed E-state index contributed by atoms with van der Waals surface area (Å²) in [5.74, 6) is 1.33. The third kappa shape index (κ3) is 3.47. The van der Waals surface area contributed by atoms with E-state index in [4.69, 9.17) is 4.74 Å². The monoisotopic (exact) mass is 343 g/mol. The second kappa shape index (κ2) is 7.33. The molecule has 0 fully saturated rings. The summed E-state index contributed by atoms with van der Waals surface area (Å²) < 4.78 is 6.89. The summed E-state index contributed by atoms with van der Waals surface area (Å²) in [6.45, 7) is 3.92. The average molecular weight is 343 g/mol. The van der Waals surface area contributed by atoms with Crippen LogP contribution in [0.4, 0.5) is 0 Å². The van der Waals surface area contributed by atoms with Crippen molar-refractivity contribution in [3.63, 3.8) is 0 Å². The molecule has 2 heterocycles. The van der Waals surface area contributed by atoms with Crippen LogP contribution in [0, 0.1) is 0 Å². The fourth-order valence-electron chi connectivity index (χ4n) is 2.73. The van der Waals surface area contributed by atoms with Crippen LogP contribution in [-0.4, -0.2) is 51.7 Å². The lowest BCUT2D eigenvalue weighted by molar-refractivity contribution is 0.0706. The molecule has 0 aliphatic carbocycles. The Bertz CT molecular complexity index is 769. The highest BCUT2D eigenvalue weighted by Crippen LogP contribution is 2.17. The largest absolute Gasteiger partial charge is 0.497 e. The van der Waals surface area contributed by atoms with Gasteiger partial charge >= 0.3 is 0 Å². The molecule has 0 atom stereocenters. The number of methoxy groups -OCH3 is 1. The van der Waals surface area contributed by atoms with Gasteiger partial charge in [0, 0.05) is 25.2 Å². The minimum absolute atomic E-state index is 0.0751. The maximum absolute atomic E-state index is 12.6. The van der Waals surface area contributed by atoms with Gasteiger partial charge < -0.3 is 19.5 Å². The number of hydrogen-bond donors (Lipinski definition) is 1. The molecule has 8 nitrogen and oxygen atoms in total. The third-order valence-electron chi connectivity index (χ3n) is 4.12. The normalized spacial score (nSPS) is 13.3. The molecule has 0 spiro atoms. The molecule has 0 unspecified atom stereocenters. The molecule has 2 amide bonds. The van der Waals surface area contributed by atoms with Gasteiger partial charge in [-0.05, 0) is 30.7 Å². The average Bonchev–Trinajstić information content (AvgIpc) is 3.08. The summed E-state index contributed by atoms with van der Waals surface area (Å²) in [5, 5.41) is 10.9. The maximum Gasteiger partial charge on any atom is 0.289 e. The first-order valence-electron chi connectivity index (χ1n) is 8.27. The minimum atomic E-state index is -0.226. The van der Waals surface area contributed by atoms with Crippen LogP contribution in [0.3, 0.4) is 0 Å². The fraction of sp³-hybridized carbons (Fsp3) is 0.412. The second-order valence-electron chi connectivity index (χ2n) is 5.80. The van der Waals surface area contributed by atoms with E-state index in [2.05, 4.69) is 15.5 Å². The van der Waals surface area contributed by atoms with Crippen molar-refractivity contribution < 1.29 is 14.3 Å². The van der Waals surface area contributed by atoms with Crippen LogP contribution in [-0.2, 0) is 13.1 Å². The summed E-state index contributed by atoms with van der Waals surface area (Å²) >= 11 is 0. The number of aromatic nitrogens is 3. The molecule has 132 valence electrons. The van der Waals surface area contributed by atoms with E-state index in [0.717, 1.165) is 6.42 Å². The number of nitrogens with zero attached hydrogens (tertiary/aromatic N) is 4. The van der Waals surface area contributed by atoms with Gasteiger partial charge in [-0.2, -0.15) is 0 Å². The van der Waals surface area contributed by atoms with Crippen molar-refractivity contribution in [3.05, 3.63) is 41.5 Å². The molecule has 1 aliphatic heterocycles. The number of hydrogen-bond acceptors (Lipinski definition) is 5. The molecule has 25 heavy (non-hydrogen) atoms. The first kappa shape index (κ1) is 16.9. The number of benzene rings is 1. The molecule has 0 bridgehead atoms. The molecule has 0 radical (unpaired) electrons. The lowest BCUT2D eigenvalue weighted by Gasteiger charge is -2.27. The van der Waals surface area contributed by atoms with Crippen LogP contribution in [0.1, 0.15) is 40.1 Å². The third-order valence-corrected chi connectivity index (χ3v) is 4.12. The highest BCUT2D eigenvalue weighted by Gasteiger charge is 2.27. The Kier molecular flexibility index (Phi) is 4.97. The summed E-state index contributed by atoms with van der Waals surface area (Å²) in [7, 11) is 1.59. The zero-order valence-corrected chi connectivity index (χ0v) is 14.4. The van der Waals surface area contributed by atoms with Gasteiger partial charge in [-0.25, -0.2) is 0 Å². The quantitative estimate of drug-likeness (QED) is 0.877. The van der Waals surface area contributed by atoms with Gasteiger partial charge in [0.25, 0.3) is 11.8 Å². The number of fused-ring (bicyclic) bond motifs is 1. The molecule has 3 rings (SSSR count). The van der Waals surface area contributed by atoms with Crippen LogP contribution in [0.15, 0.2) is 24.3 Å². The number of rotatable bonds is 5. The van der Waals surface area contributed by atoms with Crippen LogP contribution in [0.25, 0.3) is 0 Å². The van der Waals surface area contributed by atoms with Gasteiger partial charge in [-0.15, -0.1) is 10.2 Å². The van der Waals surface area contributed by atoms with E-state index < -0.39 is 0 Å². The summed E-state index contributed by atoms with van der Waals surface area (Å²) in [6.07, 6.45) is 0.858. The smallest absolute Gasteiger partial charge is 0.289 e. The van der Waals surface area contributed by atoms with Gasteiger partial charge in [0.05, 0.1) is 13.7 Å². The van der Waals surface area contributed by atoms with Crippen LogP contribution in [0.2, 0.25) is 0 Å². The molecule has 0 saturated heterocycles. The molecular weight excluding hydrogens is 322 g/mol. The van der Waals surface area contributed by atoms with E-state index in [0.29, 0.717) is 49.1 Å². The van der Waals surface area contributed by atoms with Crippen LogP contribution < -0.4 is 10.1 Å². The number of nitrogens with one attached hydrogen (secondary N) is 1. The Morgan fingerprint density at radius 3 is 2.64 bits per heavy atom. The van der Waals surface area contributed by atoms with E-state index in [-0.39, 0.29) is 11.8 Å². The van der Waals surface area contributed by atoms with Crippen molar-refractivity contribution in [1.82, 2.24) is 25.0 Å². The molecule has 1 aromatic heterocycles. The number of carbonyl (C=O) groups is 2. The number of ether oxygens (including phenoxy) is 1. The Labute approximate surface area is 145 Å². The molecule has 1 aliphatic rings. The fourth-order valence-corrected chi connectivity index (χ4v) is 2.73. The maximum atomic E-state index is 12.6. The Hall–Kier alpha value is -2.90. The van der Waals surface area contributed by atoms with Crippen molar-refractivity contribution in [2.45, 2.75) is 26.4 Å². The summed E-state index contributed by atoms with van der Waals surface area (Å²) in [6, 6.07) is 7.00. The number of carbonyl (C=O) groups excluding carboxylic acids is 2. The highest BCUT2D eigenvalue weighted by molar-refractivity contribution is 5.94. The molecule has 1 aromatic carbocycles. The molecular formula is C17H21N5O3. The number of amides is 2. The first-order chi connectivity index (χ1) is 12.1. The van der Waals surface area contributed by atoms with Gasteiger partial charge in [0.15, 0.2) is 5.82 Å². The van der Waals surface area contributed by atoms with Crippen LogP contribution >= 0.6 is 0 Å². The Morgan fingerprint density at radius 1 is 1.20 bits per heavy atom. The first-order valence-corrected chi connectivity index (χ1v) is 8.27. The standard InChI is InChI=1S/C17H21N5O3/c1-3-8-18-16(23)15-20-19-14-11-21(9-10-22(14)15)17(24)12-4-6-13(25-2)7-5-12/h4-7H,3,8-11H2,1-2H3,(H,18,23). The Morgan fingerprint density at radius 2 is 1.96 bits per heavy atom. The van der Waals surface area contributed by atoms with Crippen molar-refractivity contribution in [2.75, 3.05) is 20.2 Å². The van der Waals surface area contributed by atoms with E-state index in [1.54, 1.807) is 40.8 Å². The Balaban J connectivity index is 1.72. The van der Waals surface area contributed by atoms with Crippen molar-refractivity contribution >= 4 is 11.8 Å². The zero-order valence-electron chi connectivity index (χ0n) is 14.4. The van der Waals surface area contributed by atoms with Gasteiger partial charge in [-0.1, -0.05) is 6.92 Å². The molecule has 8 heteroatoms. The van der Waals surface area contributed by atoms with E-state index >= 15 is 0 Å². The lowest BCUT2D eigenvalue weighted by atomic mass is 10.2. The molecule has 0 saturated carbocycles. The van der Waals surface area contributed by atoms with Gasteiger partial charge in [0.1, 0.15) is 5.75 Å². The molecule has 2 aromatic rings. The minimum Gasteiger partial charge on any atom is -0.497 e. The molecule has 1 N–H and O–H groups in total. The predicted octanol–water partition coefficient (Wildman–Crippen LogP) is 1.08. The van der Waals surface area contributed by atoms with E-state index in [9.17, 15) is 9.59 Å². The summed E-state index contributed by atoms with van der Waals surface area (Å²) in [4.78, 5) is 26.5. The van der Waals surface area contributed by atoms with Gasteiger partial charge in [0.2, 0.25) is 5.82 Å². The van der Waals surface area contributed by atoms with Crippen molar-refractivity contribution in [1.29, 1.82) is 0 Å². The van der Waals surface area contributed by atoms with Crippen molar-refractivity contribution in [2.24, 2.45) is 0 Å². The highest BCUT2D eigenvalue weighted by atomic mass is 16.5. The SMILES string of the molecule is CCCNC(=O)c1nnc2n1CCN(C(=O)c1ccc(OC)cc1)C2. The van der Waals surface area contributed by atoms with Gasteiger partial charge in [-0.3, -0.25) is 9.59 Å². The van der Waals surface area contributed by atoms with E-state index in [1.165, 1.54) is 0 Å².